The van der Waals surface area contributed by atoms with Crippen LogP contribution in [0.4, 0.5) is 0 Å². The van der Waals surface area contributed by atoms with Crippen molar-refractivity contribution < 1.29 is 14.6 Å². The molecule has 1 amide bonds. The van der Waals surface area contributed by atoms with E-state index in [9.17, 15) is 9.90 Å². The number of aromatic hydroxyl groups is 1. The molecule has 2 N–H and O–H groups in total. The van der Waals surface area contributed by atoms with Crippen molar-refractivity contribution in [1.82, 2.24) is 5.43 Å². The molecular formula is C20H24N2O3. The predicted molar refractivity (Wildman–Crippen MR) is 99.2 cm³/mol. The van der Waals surface area contributed by atoms with Crippen molar-refractivity contribution >= 4 is 12.1 Å². The van der Waals surface area contributed by atoms with Gasteiger partial charge in [-0.1, -0.05) is 45.0 Å². The van der Waals surface area contributed by atoms with E-state index in [0.29, 0.717) is 11.3 Å². The first-order valence-electron chi connectivity index (χ1n) is 8.10. The Hall–Kier alpha value is -2.82. The molecule has 0 aliphatic rings. The molecule has 2 aromatic rings. The van der Waals surface area contributed by atoms with E-state index in [1.165, 1.54) is 11.8 Å². The molecule has 2 aromatic carbocycles. The first-order valence-corrected chi connectivity index (χ1v) is 8.10. The van der Waals surface area contributed by atoms with E-state index in [4.69, 9.17) is 4.74 Å². The van der Waals surface area contributed by atoms with Crippen LogP contribution in [0.25, 0.3) is 0 Å². The zero-order valence-corrected chi connectivity index (χ0v) is 15.0. The maximum absolute atomic E-state index is 11.8. The van der Waals surface area contributed by atoms with E-state index < -0.39 is 0 Å². The Labute approximate surface area is 148 Å². The van der Waals surface area contributed by atoms with Crippen LogP contribution in [0.1, 0.15) is 37.5 Å². The fraction of sp³-hybridized carbons (Fsp3) is 0.300. The van der Waals surface area contributed by atoms with Crippen LogP contribution in [0.3, 0.4) is 0 Å². The number of phenolic OH excluding ortho intramolecular Hbond substituents is 1. The summed E-state index contributed by atoms with van der Waals surface area (Å²) in [5.41, 5.74) is 5.37. The van der Waals surface area contributed by atoms with E-state index in [2.05, 4.69) is 37.4 Å². The topological polar surface area (TPSA) is 70.9 Å². The summed E-state index contributed by atoms with van der Waals surface area (Å²) in [5.74, 6) is 0.476. The number of amides is 1. The van der Waals surface area contributed by atoms with E-state index in [1.807, 2.05) is 19.1 Å². The number of benzene rings is 2. The summed E-state index contributed by atoms with van der Waals surface area (Å²) in [5, 5.41) is 13.2. The predicted octanol–water partition coefficient (Wildman–Crippen LogP) is 3.53. The summed E-state index contributed by atoms with van der Waals surface area (Å²) in [6, 6.07) is 12.6. The number of rotatable bonds is 5. The zero-order chi connectivity index (χ0) is 18.4. The molecule has 5 nitrogen and oxygen atoms in total. The second-order valence-electron chi connectivity index (χ2n) is 6.91. The van der Waals surface area contributed by atoms with Crippen molar-refractivity contribution in [2.45, 2.75) is 33.1 Å². The minimum atomic E-state index is -0.351. The molecule has 2 rings (SSSR count). The van der Waals surface area contributed by atoms with Crippen molar-refractivity contribution in [1.29, 1.82) is 0 Å². The molecule has 0 saturated carbocycles. The Bertz CT molecular complexity index is 777. The van der Waals surface area contributed by atoms with Crippen molar-refractivity contribution in [3.63, 3.8) is 0 Å². The standard InChI is InChI=1S/C20H24N2O3/c1-14-10-16(20(2,3)4)8-9-18(14)25-13-19(24)22-21-12-15-6-5-7-17(23)11-15/h5-12,23H,13H2,1-4H3,(H,22,24)/b21-12+. The summed E-state index contributed by atoms with van der Waals surface area (Å²) in [6.45, 7) is 8.30. The smallest absolute Gasteiger partial charge is 0.277 e. The maximum Gasteiger partial charge on any atom is 0.277 e. The van der Waals surface area contributed by atoms with Gasteiger partial charge in [0, 0.05) is 0 Å². The number of hydrazone groups is 1. The lowest BCUT2D eigenvalue weighted by molar-refractivity contribution is -0.123. The van der Waals surface area contributed by atoms with E-state index in [0.717, 1.165) is 5.56 Å². The average molecular weight is 340 g/mol. The summed E-state index contributed by atoms with van der Waals surface area (Å²) in [4.78, 5) is 11.8. The van der Waals surface area contributed by atoms with Gasteiger partial charge in [0.25, 0.3) is 5.91 Å². The average Bonchev–Trinajstić information content (AvgIpc) is 2.53. The Kier molecular flexibility index (Phi) is 5.80. The SMILES string of the molecule is Cc1cc(C(C)(C)C)ccc1OCC(=O)N/N=C/c1cccc(O)c1. The first kappa shape index (κ1) is 18.5. The van der Waals surface area contributed by atoms with Gasteiger partial charge in [-0.05, 0) is 47.2 Å². The number of carbonyl (C=O) groups is 1. The number of hydrogen-bond acceptors (Lipinski definition) is 4. The second kappa shape index (κ2) is 7.83. The van der Waals surface area contributed by atoms with Gasteiger partial charge in [-0.15, -0.1) is 0 Å². The quantitative estimate of drug-likeness (QED) is 0.646. The number of ether oxygens (including phenoxy) is 1. The van der Waals surface area contributed by atoms with Crippen molar-refractivity contribution in [3.05, 3.63) is 59.2 Å². The molecule has 0 bridgehead atoms. The summed E-state index contributed by atoms with van der Waals surface area (Å²) < 4.78 is 5.56. The Morgan fingerprint density at radius 2 is 2.00 bits per heavy atom. The van der Waals surface area contributed by atoms with Gasteiger partial charge < -0.3 is 9.84 Å². The highest BCUT2D eigenvalue weighted by molar-refractivity contribution is 5.83. The van der Waals surface area contributed by atoms with Crippen LogP contribution < -0.4 is 10.2 Å². The minimum absolute atomic E-state index is 0.0707. The van der Waals surface area contributed by atoms with Gasteiger partial charge in [-0.3, -0.25) is 4.79 Å². The molecule has 0 atom stereocenters. The fourth-order valence-electron chi connectivity index (χ4n) is 2.24. The van der Waals surface area contributed by atoms with Crippen molar-refractivity contribution in [2.24, 2.45) is 5.10 Å². The second-order valence-corrected chi connectivity index (χ2v) is 6.91. The Balaban J connectivity index is 1.88. The number of nitrogens with one attached hydrogen (secondary N) is 1. The van der Waals surface area contributed by atoms with Crippen LogP contribution in [0.2, 0.25) is 0 Å². The molecule has 0 unspecified atom stereocenters. The van der Waals surface area contributed by atoms with Gasteiger partial charge in [0.2, 0.25) is 0 Å². The fourth-order valence-corrected chi connectivity index (χ4v) is 2.24. The normalized spacial score (nSPS) is 11.5. The molecule has 0 radical (unpaired) electrons. The number of nitrogens with zero attached hydrogens (tertiary/aromatic N) is 1. The lowest BCUT2D eigenvalue weighted by Crippen LogP contribution is -2.24. The highest BCUT2D eigenvalue weighted by Crippen LogP contribution is 2.27. The summed E-state index contributed by atoms with van der Waals surface area (Å²) in [7, 11) is 0. The molecule has 0 aliphatic heterocycles. The highest BCUT2D eigenvalue weighted by atomic mass is 16.5. The van der Waals surface area contributed by atoms with Crippen molar-refractivity contribution in [2.75, 3.05) is 6.61 Å². The number of hydrogen-bond donors (Lipinski definition) is 2. The number of carbonyl (C=O) groups excluding carboxylic acids is 1. The zero-order valence-electron chi connectivity index (χ0n) is 15.0. The van der Waals surface area contributed by atoms with Gasteiger partial charge in [-0.25, -0.2) is 5.43 Å². The number of phenols is 1. The molecule has 0 fully saturated rings. The molecule has 0 heterocycles. The van der Waals surface area contributed by atoms with Crippen LogP contribution in [0.15, 0.2) is 47.6 Å². The van der Waals surface area contributed by atoms with Gasteiger partial charge in [0.1, 0.15) is 11.5 Å². The molecule has 132 valence electrons. The van der Waals surface area contributed by atoms with Gasteiger partial charge in [-0.2, -0.15) is 5.10 Å². The molecule has 0 aromatic heterocycles. The molecule has 0 saturated heterocycles. The lowest BCUT2D eigenvalue weighted by atomic mass is 9.86. The van der Waals surface area contributed by atoms with Gasteiger partial charge >= 0.3 is 0 Å². The van der Waals surface area contributed by atoms with Crippen LogP contribution in [-0.2, 0) is 10.2 Å². The Morgan fingerprint density at radius 3 is 2.64 bits per heavy atom. The first-order chi connectivity index (χ1) is 11.8. The van der Waals surface area contributed by atoms with Gasteiger partial charge in [0.15, 0.2) is 6.61 Å². The molecular weight excluding hydrogens is 316 g/mol. The largest absolute Gasteiger partial charge is 0.508 e. The van der Waals surface area contributed by atoms with Crippen LogP contribution in [-0.4, -0.2) is 23.8 Å². The minimum Gasteiger partial charge on any atom is -0.508 e. The van der Waals surface area contributed by atoms with E-state index in [1.54, 1.807) is 24.3 Å². The third-order valence-corrected chi connectivity index (χ3v) is 3.67. The van der Waals surface area contributed by atoms with E-state index in [-0.39, 0.29) is 23.7 Å². The molecule has 0 aliphatic carbocycles. The van der Waals surface area contributed by atoms with Gasteiger partial charge in [0.05, 0.1) is 6.21 Å². The highest BCUT2D eigenvalue weighted by Gasteiger charge is 2.15. The van der Waals surface area contributed by atoms with Crippen LogP contribution >= 0.6 is 0 Å². The third kappa shape index (κ3) is 5.64. The molecule has 5 heteroatoms. The molecule has 25 heavy (non-hydrogen) atoms. The maximum atomic E-state index is 11.8. The Morgan fingerprint density at radius 1 is 1.24 bits per heavy atom. The van der Waals surface area contributed by atoms with Crippen LogP contribution in [0.5, 0.6) is 11.5 Å². The van der Waals surface area contributed by atoms with Crippen LogP contribution in [0, 0.1) is 6.92 Å². The lowest BCUT2D eigenvalue weighted by Gasteiger charge is -2.20. The summed E-state index contributed by atoms with van der Waals surface area (Å²) >= 11 is 0. The van der Waals surface area contributed by atoms with E-state index >= 15 is 0 Å². The van der Waals surface area contributed by atoms with Crippen molar-refractivity contribution in [3.8, 4) is 11.5 Å². The summed E-state index contributed by atoms with van der Waals surface area (Å²) in [6.07, 6.45) is 1.46. The third-order valence-electron chi connectivity index (χ3n) is 3.67. The number of aryl methyl sites for hydroxylation is 1. The monoisotopic (exact) mass is 340 g/mol. The molecule has 0 spiro atoms.